The van der Waals surface area contributed by atoms with E-state index in [0.717, 1.165) is 48.1 Å². The van der Waals surface area contributed by atoms with Gasteiger partial charge >= 0.3 is 0 Å². The number of amides is 1. The van der Waals surface area contributed by atoms with Crippen LogP contribution in [0.4, 0.5) is 8.78 Å². The number of hydrogen-bond acceptors (Lipinski definition) is 2. The summed E-state index contributed by atoms with van der Waals surface area (Å²) in [6, 6.07) is 20.1. The molecule has 164 valence electrons. The molecule has 1 heterocycles. The quantitative estimate of drug-likeness (QED) is 0.354. The number of hydrogen-bond donors (Lipinski definition) is 1. The van der Waals surface area contributed by atoms with Crippen LogP contribution in [0, 0.1) is 11.6 Å². The van der Waals surface area contributed by atoms with Gasteiger partial charge in [-0.3, -0.25) is 4.79 Å². The number of nitrogens with one attached hydrogen (secondary N) is 1. The highest BCUT2D eigenvalue weighted by Gasteiger charge is 2.11. The van der Waals surface area contributed by atoms with E-state index in [2.05, 4.69) is 16.0 Å². The fourth-order valence-electron chi connectivity index (χ4n) is 3.76. The smallest absolute Gasteiger partial charge is 0.251 e. The summed E-state index contributed by atoms with van der Waals surface area (Å²) in [4.78, 5) is 16.9. The van der Waals surface area contributed by atoms with Crippen LogP contribution in [0.1, 0.15) is 41.0 Å². The molecule has 0 aliphatic carbocycles. The van der Waals surface area contributed by atoms with Crippen LogP contribution in [0.15, 0.2) is 72.8 Å². The maximum atomic E-state index is 13.3. The monoisotopic (exact) mass is 433 g/mol. The number of unbranched alkanes of at least 4 members (excludes halogenated alkanes) is 2. The number of para-hydroxylation sites is 2. The molecule has 3 aromatic carbocycles. The lowest BCUT2D eigenvalue weighted by atomic mass is 10.1. The lowest BCUT2D eigenvalue weighted by Crippen LogP contribution is -2.24. The lowest BCUT2D eigenvalue weighted by molar-refractivity contribution is 0.0953. The Morgan fingerprint density at radius 3 is 2.28 bits per heavy atom. The van der Waals surface area contributed by atoms with Crippen LogP contribution < -0.4 is 5.32 Å². The van der Waals surface area contributed by atoms with Crippen molar-refractivity contribution in [2.24, 2.45) is 0 Å². The molecule has 4 rings (SSSR count). The summed E-state index contributed by atoms with van der Waals surface area (Å²) in [5.74, 6) is 0.222. The molecular weight excluding hydrogens is 408 g/mol. The summed E-state index contributed by atoms with van der Waals surface area (Å²) < 4.78 is 28.4. The molecule has 0 unspecified atom stereocenters. The minimum absolute atomic E-state index is 0.189. The third kappa shape index (κ3) is 5.38. The summed E-state index contributed by atoms with van der Waals surface area (Å²) in [7, 11) is 0. The normalized spacial score (nSPS) is 11.1. The van der Waals surface area contributed by atoms with Crippen molar-refractivity contribution in [3.63, 3.8) is 0 Å². The third-order valence-electron chi connectivity index (χ3n) is 5.46. The summed E-state index contributed by atoms with van der Waals surface area (Å²) in [5.41, 5.74) is 3.51. The van der Waals surface area contributed by atoms with E-state index in [1.54, 1.807) is 12.1 Å². The largest absolute Gasteiger partial charge is 0.352 e. The van der Waals surface area contributed by atoms with Crippen LogP contribution in [-0.2, 0) is 13.0 Å². The second kappa shape index (κ2) is 10.2. The Hall–Kier alpha value is -3.54. The first-order valence-corrected chi connectivity index (χ1v) is 10.8. The summed E-state index contributed by atoms with van der Waals surface area (Å²) in [5, 5.41) is 2.87. The van der Waals surface area contributed by atoms with Gasteiger partial charge in [-0.25, -0.2) is 13.8 Å². The molecule has 0 aliphatic heterocycles. The minimum Gasteiger partial charge on any atom is -0.352 e. The topological polar surface area (TPSA) is 46.9 Å². The molecule has 0 fully saturated rings. The number of halogens is 2. The Balaban J connectivity index is 1.31. The summed E-state index contributed by atoms with van der Waals surface area (Å²) in [6.45, 7) is 1.21. The summed E-state index contributed by atoms with van der Waals surface area (Å²) >= 11 is 0. The predicted molar refractivity (Wildman–Crippen MR) is 122 cm³/mol. The van der Waals surface area contributed by atoms with Crippen LogP contribution in [0.2, 0.25) is 0 Å². The fourth-order valence-corrected chi connectivity index (χ4v) is 3.76. The number of carbonyl (C=O) groups is 1. The van der Waals surface area contributed by atoms with Gasteiger partial charge in [0, 0.05) is 25.1 Å². The number of carbonyl (C=O) groups excluding carboxylic acids is 1. The number of aromatic nitrogens is 2. The van der Waals surface area contributed by atoms with Crippen molar-refractivity contribution in [1.82, 2.24) is 14.9 Å². The lowest BCUT2D eigenvalue weighted by Gasteiger charge is -2.10. The molecule has 4 aromatic rings. The second-order valence-corrected chi connectivity index (χ2v) is 7.80. The molecule has 0 saturated carbocycles. The Morgan fingerprint density at radius 2 is 1.53 bits per heavy atom. The number of fused-ring (bicyclic) bond motifs is 1. The molecule has 1 N–H and O–H groups in total. The Bertz CT molecular complexity index is 1180. The van der Waals surface area contributed by atoms with Crippen molar-refractivity contribution in [1.29, 1.82) is 0 Å². The van der Waals surface area contributed by atoms with E-state index in [0.29, 0.717) is 18.7 Å². The van der Waals surface area contributed by atoms with E-state index in [9.17, 15) is 13.6 Å². The highest BCUT2D eigenvalue weighted by molar-refractivity contribution is 5.94. The van der Waals surface area contributed by atoms with E-state index in [1.807, 2.05) is 18.2 Å². The van der Waals surface area contributed by atoms with Gasteiger partial charge in [-0.05, 0) is 66.9 Å². The van der Waals surface area contributed by atoms with Gasteiger partial charge in [0.05, 0.1) is 11.0 Å². The van der Waals surface area contributed by atoms with E-state index < -0.39 is 0 Å². The van der Waals surface area contributed by atoms with Crippen LogP contribution in [0.5, 0.6) is 0 Å². The van der Waals surface area contributed by atoms with Crippen LogP contribution >= 0.6 is 0 Å². The van der Waals surface area contributed by atoms with Crippen molar-refractivity contribution in [3.05, 3.63) is 101 Å². The zero-order valence-electron chi connectivity index (χ0n) is 17.7. The zero-order chi connectivity index (χ0) is 22.3. The van der Waals surface area contributed by atoms with Crippen LogP contribution in [0.25, 0.3) is 11.0 Å². The Labute approximate surface area is 185 Å². The summed E-state index contributed by atoms with van der Waals surface area (Å²) in [6.07, 6.45) is 3.56. The molecule has 0 radical (unpaired) electrons. The van der Waals surface area contributed by atoms with Gasteiger partial charge in [-0.15, -0.1) is 0 Å². The molecule has 6 heteroatoms. The number of imidazole rings is 1. The second-order valence-electron chi connectivity index (χ2n) is 7.80. The zero-order valence-corrected chi connectivity index (χ0v) is 17.7. The first-order valence-electron chi connectivity index (χ1n) is 10.8. The molecule has 0 spiro atoms. The molecule has 4 nitrogen and oxygen atoms in total. The van der Waals surface area contributed by atoms with Gasteiger partial charge in [0.25, 0.3) is 5.91 Å². The molecule has 0 bridgehead atoms. The number of rotatable bonds is 9. The minimum atomic E-state index is -0.355. The highest BCUT2D eigenvalue weighted by Crippen LogP contribution is 2.20. The Kier molecular flexibility index (Phi) is 6.90. The van der Waals surface area contributed by atoms with Gasteiger partial charge in [-0.1, -0.05) is 30.7 Å². The SMILES string of the molecule is O=C(NCCCCCc1nc2ccccc2n1Cc1ccc(F)cc1)c1ccc(F)cc1. The van der Waals surface area contributed by atoms with E-state index in [1.165, 1.54) is 36.4 Å². The molecule has 1 amide bonds. The third-order valence-corrected chi connectivity index (χ3v) is 5.46. The van der Waals surface area contributed by atoms with E-state index >= 15 is 0 Å². The first kappa shape index (κ1) is 21.7. The standard InChI is InChI=1S/C26H25F2N3O/c27-21-13-9-19(10-14-21)18-31-24-7-4-3-6-23(24)30-25(31)8-2-1-5-17-29-26(32)20-11-15-22(28)16-12-20/h3-4,6-7,9-16H,1-2,5,8,17-18H2,(H,29,32). The first-order chi connectivity index (χ1) is 15.6. The predicted octanol–water partition coefficient (Wildman–Crippen LogP) is 5.51. The van der Waals surface area contributed by atoms with Crippen molar-refractivity contribution in [2.45, 2.75) is 32.2 Å². The fraction of sp³-hybridized carbons (Fsp3) is 0.231. The number of nitrogens with zero attached hydrogens (tertiary/aromatic N) is 2. The molecule has 1 aromatic heterocycles. The molecule has 32 heavy (non-hydrogen) atoms. The van der Waals surface area contributed by atoms with Crippen molar-refractivity contribution >= 4 is 16.9 Å². The van der Waals surface area contributed by atoms with Gasteiger partial charge in [0.15, 0.2) is 0 Å². The van der Waals surface area contributed by atoms with Gasteiger partial charge in [0.1, 0.15) is 17.5 Å². The van der Waals surface area contributed by atoms with Crippen molar-refractivity contribution in [3.8, 4) is 0 Å². The van der Waals surface area contributed by atoms with Gasteiger partial charge < -0.3 is 9.88 Å². The number of aryl methyl sites for hydroxylation is 1. The van der Waals surface area contributed by atoms with E-state index in [4.69, 9.17) is 4.98 Å². The maximum Gasteiger partial charge on any atom is 0.251 e. The van der Waals surface area contributed by atoms with Gasteiger partial charge in [-0.2, -0.15) is 0 Å². The van der Waals surface area contributed by atoms with Crippen LogP contribution in [-0.4, -0.2) is 22.0 Å². The average Bonchev–Trinajstić information content (AvgIpc) is 3.15. The average molecular weight is 434 g/mol. The van der Waals surface area contributed by atoms with Crippen molar-refractivity contribution < 1.29 is 13.6 Å². The Morgan fingerprint density at radius 1 is 0.844 bits per heavy atom. The van der Waals surface area contributed by atoms with E-state index in [-0.39, 0.29) is 17.5 Å². The molecule has 0 atom stereocenters. The molecule has 0 saturated heterocycles. The van der Waals surface area contributed by atoms with Gasteiger partial charge in [0.2, 0.25) is 0 Å². The maximum absolute atomic E-state index is 13.3. The highest BCUT2D eigenvalue weighted by atomic mass is 19.1. The number of benzene rings is 3. The van der Waals surface area contributed by atoms with Crippen LogP contribution in [0.3, 0.4) is 0 Å². The van der Waals surface area contributed by atoms with Crippen molar-refractivity contribution in [2.75, 3.05) is 6.54 Å². The molecule has 0 aliphatic rings. The molecular formula is C26H25F2N3O.